The summed E-state index contributed by atoms with van der Waals surface area (Å²) < 4.78 is 0. The molecule has 2 unspecified atom stereocenters. The van der Waals surface area contributed by atoms with E-state index in [1.807, 2.05) is 44.2 Å². The number of benzene rings is 1. The molecule has 0 aliphatic carbocycles. The van der Waals surface area contributed by atoms with Crippen molar-refractivity contribution >= 4 is 23.6 Å². The van der Waals surface area contributed by atoms with Crippen LogP contribution in [0.2, 0.25) is 0 Å². The van der Waals surface area contributed by atoms with Crippen LogP contribution in [0.25, 0.3) is 0 Å². The van der Waals surface area contributed by atoms with Crippen LogP contribution in [-0.4, -0.2) is 75.5 Å². The summed E-state index contributed by atoms with van der Waals surface area (Å²) in [6.07, 6.45) is 3.80. The maximum absolute atomic E-state index is 13.6. The van der Waals surface area contributed by atoms with Gasteiger partial charge in [0.1, 0.15) is 12.1 Å². The number of aromatic amines is 1. The average molecular weight is 556 g/mol. The molecule has 1 aromatic carbocycles. The second-order valence-corrected chi connectivity index (χ2v) is 10.7. The molecule has 40 heavy (non-hydrogen) atoms. The van der Waals surface area contributed by atoms with E-state index < -0.39 is 42.0 Å². The number of nitrogens with one attached hydrogen (secondary N) is 5. The van der Waals surface area contributed by atoms with Crippen molar-refractivity contribution < 1.29 is 24.3 Å². The van der Waals surface area contributed by atoms with Crippen LogP contribution >= 0.6 is 0 Å². The Morgan fingerprint density at radius 3 is 2.35 bits per heavy atom. The van der Waals surface area contributed by atoms with E-state index in [-0.39, 0.29) is 37.1 Å². The first-order valence-corrected chi connectivity index (χ1v) is 13.7. The number of amides is 4. The van der Waals surface area contributed by atoms with Crippen molar-refractivity contribution in [3.8, 4) is 0 Å². The van der Waals surface area contributed by atoms with E-state index in [2.05, 4.69) is 31.2 Å². The van der Waals surface area contributed by atoms with Crippen LogP contribution in [0.5, 0.6) is 0 Å². The van der Waals surface area contributed by atoms with Gasteiger partial charge in [-0.1, -0.05) is 44.2 Å². The lowest BCUT2D eigenvalue weighted by Crippen LogP contribution is -2.58. The van der Waals surface area contributed by atoms with E-state index in [9.17, 15) is 24.3 Å². The number of aromatic nitrogens is 2. The van der Waals surface area contributed by atoms with E-state index in [0.717, 1.165) is 18.5 Å². The van der Waals surface area contributed by atoms with Gasteiger partial charge in [-0.05, 0) is 37.3 Å². The second kappa shape index (κ2) is 15.1. The molecule has 0 spiro atoms. The van der Waals surface area contributed by atoms with Crippen molar-refractivity contribution in [1.82, 2.24) is 31.2 Å². The number of nitrogens with two attached hydrogens (primary N) is 1. The van der Waals surface area contributed by atoms with Crippen LogP contribution in [0.1, 0.15) is 50.8 Å². The molecule has 3 rings (SSSR count). The molecule has 5 atom stereocenters. The Morgan fingerprint density at radius 1 is 1.05 bits per heavy atom. The molecular weight excluding hydrogens is 514 g/mol. The highest BCUT2D eigenvalue weighted by molar-refractivity contribution is 5.93. The van der Waals surface area contributed by atoms with Crippen LogP contribution in [-0.2, 0) is 32.0 Å². The topological polar surface area (TPSA) is 191 Å². The first kappa shape index (κ1) is 30.8. The van der Waals surface area contributed by atoms with E-state index in [4.69, 9.17) is 5.73 Å². The Hall–Kier alpha value is -3.77. The van der Waals surface area contributed by atoms with E-state index in [1.165, 1.54) is 6.33 Å². The Bertz CT molecular complexity index is 1100. The molecule has 8 N–H and O–H groups in total. The summed E-state index contributed by atoms with van der Waals surface area (Å²) in [4.78, 5) is 58.4. The maximum atomic E-state index is 13.6. The number of primary amides is 1. The van der Waals surface area contributed by atoms with Gasteiger partial charge in [0.05, 0.1) is 30.9 Å². The van der Waals surface area contributed by atoms with Gasteiger partial charge >= 0.3 is 0 Å². The lowest BCUT2D eigenvalue weighted by molar-refractivity contribution is -0.133. The second-order valence-electron chi connectivity index (χ2n) is 10.7. The van der Waals surface area contributed by atoms with Crippen LogP contribution in [0.3, 0.4) is 0 Å². The van der Waals surface area contributed by atoms with Crippen molar-refractivity contribution in [2.24, 2.45) is 11.7 Å². The first-order chi connectivity index (χ1) is 19.1. The average Bonchev–Trinajstić information content (AvgIpc) is 3.62. The van der Waals surface area contributed by atoms with Crippen LogP contribution in [0.15, 0.2) is 42.9 Å². The summed E-state index contributed by atoms with van der Waals surface area (Å²) in [7, 11) is 0. The number of rotatable bonds is 15. The monoisotopic (exact) mass is 555 g/mol. The van der Waals surface area contributed by atoms with Gasteiger partial charge in [-0.3, -0.25) is 19.2 Å². The molecule has 218 valence electrons. The number of nitrogens with zero attached hydrogens (tertiary/aromatic N) is 1. The van der Waals surface area contributed by atoms with Crippen molar-refractivity contribution in [2.45, 2.75) is 82.6 Å². The number of aliphatic hydroxyl groups is 1. The van der Waals surface area contributed by atoms with Crippen molar-refractivity contribution in [3.05, 3.63) is 54.1 Å². The molecule has 12 nitrogen and oxygen atoms in total. The number of hydrogen-bond acceptors (Lipinski definition) is 7. The lowest BCUT2D eigenvalue weighted by atomic mass is 9.96. The van der Waals surface area contributed by atoms with Gasteiger partial charge < -0.3 is 37.1 Å². The minimum Gasteiger partial charge on any atom is -0.390 e. The van der Waals surface area contributed by atoms with E-state index in [1.54, 1.807) is 6.20 Å². The van der Waals surface area contributed by atoms with Gasteiger partial charge in [0.25, 0.3) is 0 Å². The van der Waals surface area contributed by atoms with Gasteiger partial charge in [-0.2, -0.15) is 0 Å². The maximum Gasteiger partial charge on any atom is 0.243 e. The van der Waals surface area contributed by atoms with Crippen molar-refractivity contribution in [3.63, 3.8) is 0 Å². The molecule has 0 saturated carbocycles. The third-order valence-electron chi connectivity index (χ3n) is 6.83. The van der Waals surface area contributed by atoms with Gasteiger partial charge in [-0.25, -0.2) is 4.98 Å². The Balaban J connectivity index is 1.80. The minimum atomic E-state index is -1.18. The molecule has 1 aromatic heterocycles. The molecule has 1 aliphatic rings. The highest BCUT2D eigenvalue weighted by Gasteiger charge is 2.32. The fraction of sp³-hybridized carbons (Fsp3) is 0.536. The minimum absolute atomic E-state index is 0.0913. The zero-order valence-electron chi connectivity index (χ0n) is 23.1. The highest BCUT2D eigenvalue weighted by Crippen LogP contribution is 2.13. The summed E-state index contributed by atoms with van der Waals surface area (Å²) in [6.45, 7) is 4.59. The normalized spacial score (nSPS) is 17.9. The van der Waals surface area contributed by atoms with E-state index >= 15 is 0 Å². The first-order valence-electron chi connectivity index (χ1n) is 13.7. The summed E-state index contributed by atoms with van der Waals surface area (Å²) >= 11 is 0. The quantitative estimate of drug-likeness (QED) is 0.157. The fourth-order valence-electron chi connectivity index (χ4n) is 4.79. The highest BCUT2D eigenvalue weighted by atomic mass is 16.3. The van der Waals surface area contributed by atoms with Gasteiger partial charge in [0, 0.05) is 24.7 Å². The fourth-order valence-corrected chi connectivity index (χ4v) is 4.79. The predicted molar refractivity (Wildman–Crippen MR) is 149 cm³/mol. The SMILES string of the molecule is CC(C)CC(NC(=O)[C@H](Cc1cnc[nH]1)NC(=O)[C@H](Cc1ccccc1)NC(=O)[C@@H]1CCCN1)C(O)CC(N)=O. The zero-order chi connectivity index (χ0) is 29.1. The third-order valence-corrected chi connectivity index (χ3v) is 6.83. The number of carbonyl (C=O) groups excluding carboxylic acids is 4. The predicted octanol–water partition coefficient (Wildman–Crippen LogP) is -0.316. The van der Waals surface area contributed by atoms with Crippen LogP contribution < -0.4 is 27.0 Å². The molecule has 0 bridgehead atoms. The Morgan fingerprint density at radius 2 is 1.75 bits per heavy atom. The Kier molecular flexibility index (Phi) is 11.6. The number of carbonyl (C=O) groups is 4. The lowest BCUT2D eigenvalue weighted by Gasteiger charge is -2.28. The molecule has 0 radical (unpaired) electrons. The Labute approximate surface area is 234 Å². The molecule has 4 amide bonds. The summed E-state index contributed by atoms with van der Waals surface area (Å²) in [5.74, 6) is -1.92. The van der Waals surface area contributed by atoms with Crippen LogP contribution in [0.4, 0.5) is 0 Å². The molecular formula is C28H41N7O5. The molecule has 2 heterocycles. The van der Waals surface area contributed by atoms with Gasteiger partial charge in [0.15, 0.2) is 0 Å². The van der Waals surface area contributed by atoms with Gasteiger partial charge in [0.2, 0.25) is 23.6 Å². The third kappa shape index (κ3) is 9.76. The smallest absolute Gasteiger partial charge is 0.243 e. The van der Waals surface area contributed by atoms with Crippen molar-refractivity contribution in [1.29, 1.82) is 0 Å². The zero-order valence-corrected chi connectivity index (χ0v) is 23.1. The standard InChI is InChI=1S/C28H41N7O5/c1-17(2)11-21(24(36)14-25(29)37)33-28(40)23(13-19-15-30-16-32-19)35-27(39)22(12-18-7-4-3-5-8-18)34-26(38)20-9-6-10-31-20/h3-5,7-8,15-17,20-24,31,36H,6,9-14H2,1-2H3,(H2,29,37)(H,30,32)(H,33,40)(H,34,38)(H,35,39)/t20-,21?,22-,23-,24?/m0/s1. The molecule has 1 aliphatic heterocycles. The van der Waals surface area contributed by atoms with Crippen molar-refractivity contribution in [2.75, 3.05) is 6.54 Å². The summed E-state index contributed by atoms with van der Waals surface area (Å²) in [5.41, 5.74) is 6.73. The summed E-state index contributed by atoms with van der Waals surface area (Å²) in [6, 6.07) is 6.19. The number of H-pyrrole nitrogens is 1. The largest absolute Gasteiger partial charge is 0.390 e. The summed E-state index contributed by atoms with van der Waals surface area (Å²) in [5, 5.41) is 22.2. The number of hydrogen-bond donors (Lipinski definition) is 7. The number of imidazole rings is 1. The number of aliphatic hydroxyl groups excluding tert-OH is 1. The van der Waals surface area contributed by atoms with Gasteiger partial charge in [-0.15, -0.1) is 0 Å². The molecule has 12 heteroatoms. The van der Waals surface area contributed by atoms with Crippen LogP contribution in [0, 0.1) is 5.92 Å². The molecule has 1 fully saturated rings. The van der Waals surface area contributed by atoms with E-state index in [0.29, 0.717) is 18.5 Å². The molecule has 2 aromatic rings. The molecule has 1 saturated heterocycles.